The number of hydrogen-bond donors (Lipinski definition) is 0. The SMILES string of the molecule is CC/C=C/c1ccc2c(=O)n(C3C[C@@H](C)N(C(=O)OC(C)(C)C)[C@@H](C)C3)ccc2n1. The zero-order chi connectivity index (χ0) is 22.1. The van der Waals surface area contributed by atoms with E-state index in [0.29, 0.717) is 23.7 Å². The molecule has 162 valence electrons. The zero-order valence-corrected chi connectivity index (χ0v) is 18.9. The molecule has 3 heterocycles. The van der Waals surface area contributed by atoms with Gasteiger partial charge in [0.25, 0.3) is 5.56 Å². The average Bonchev–Trinajstić information content (AvgIpc) is 2.64. The Kier molecular flexibility index (Phi) is 6.34. The standard InChI is InChI=1S/C24H33N3O3/c1-7-8-9-18-10-11-20-21(25-18)12-13-26(22(20)28)19-14-16(2)27(17(3)15-19)23(29)30-24(4,5)6/h8-13,16-17,19H,7,14-15H2,1-6H3/b9-8+/t16-,17+,19?. The van der Waals surface area contributed by atoms with Gasteiger partial charge in [0.1, 0.15) is 5.60 Å². The van der Waals surface area contributed by atoms with Crippen LogP contribution in [0.15, 0.2) is 35.3 Å². The van der Waals surface area contributed by atoms with Crippen LogP contribution < -0.4 is 5.56 Å². The molecule has 1 amide bonds. The van der Waals surface area contributed by atoms with E-state index in [4.69, 9.17) is 4.74 Å². The van der Waals surface area contributed by atoms with Crippen molar-refractivity contribution < 1.29 is 9.53 Å². The summed E-state index contributed by atoms with van der Waals surface area (Å²) in [5.41, 5.74) is 1.01. The van der Waals surface area contributed by atoms with Gasteiger partial charge in [0.05, 0.1) is 16.6 Å². The maximum Gasteiger partial charge on any atom is 0.410 e. The molecule has 0 spiro atoms. The summed E-state index contributed by atoms with van der Waals surface area (Å²) in [7, 11) is 0. The molecule has 1 unspecified atom stereocenters. The van der Waals surface area contributed by atoms with Crippen LogP contribution in [0.2, 0.25) is 0 Å². The first-order valence-electron chi connectivity index (χ1n) is 10.8. The number of carbonyl (C=O) groups excluding carboxylic acids is 1. The summed E-state index contributed by atoms with van der Waals surface area (Å²) in [5.74, 6) is 0. The molecule has 0 aromatic carbocycles. The third-order valence-electron chi connectivity index (χ3n) is 5.50. The maximum atomic E-state index is 13.2. The van der Waals surface area contributed by atoms with E-state index in [1.165, 1.54) is 0 Å². The molecule has 30 heavy (non-hydrogen) atoms. The fraction of sp³-hybridized carbons (Fsp3) is 0.542. The highest BCUT2D eigenvalue weighted by Crippen LogP contribution is 2.32. The number of fused-ring (bicyclic) bond motifs is 1. The number of ether oxygens (including phenoxy) is 1. The van der Waals surface area contributed by atoms with Crippen LogP contribution in [0.3, 0.4) is 0 Å². The van der Waals surface area contributed by atoms with Crippen LogP contribution in [0.1, 0.15) is 72.5 Å². The van der Waals surface area contributed by atoms with E-state index in [1.54, 1.807) is 0 Å². The van der Waals surface area contributed by atoms with E-state index in [1.807, 2.05) is 74.6 Å². The van der Waals surface area contributed by atoms with Gasteiger partial charge < -0.3 is 14.2 Å². The van der Waals surface area contributed by atoms with Gasteiger partial charge in [0.2, 0.25) is 0 Å². The first-order chi connectivity index (χ1) is 14.1. The Morgan fingerprint density at radius 3 is 2.47 bits per heavy atom. The summed E-state index contributed by atoms with van der Waals surface area (Å²) in [6, 6.07) is 5.66. The van der Waals surface area contributed by atoms with Crippen molar-refractivity contribution in [3.8, 4) is 0 Å². The lowest BCUT2D eigenvalue weighted by atomic mass is 9.92. The quantitative estimate of drug-likeness (QED) is 0.699. The van der Waals surface area contributed by atoms with Crippen LogP contribution in [0.5, 0.6) is 0 Å². The first-order valence-corrected chi connectivity index (χ1v) is 10.8. The van der Waals surface area contributed by atoms with Gasteiger partial charge in [-0.15, -0.1) is 0 Å². The van der Waals surface area contributed by atoms with Crippen molar-refractivity contribution in [3.63, 3.8) is 0 Å². The first kappa shape index (κ1) is 22.1. The third kappa shape index (κ3) is 4.74. The van der Waals surface area contributed by atoms with Gasteiger partial charge in [-0.3, -0.25) is 4.79 Å². The molecule has 3 atom stereocenters. The average molecular weight is 412 g/mol. The van der Waals surface area contributed by atoms with Gasteiger partial charge in [0, 0.05) is 24.3 Å². The summed E-state index contributed by atoms with van der Waals surface area (Å²) < 4.78 is 7.39. The highest BCUT2D eigenvalue weighted by molar-refractivity contribution is 5.78. The molecule has 1 saturated heterocycles. The van der Waals surface area contributed by atoms with Crippen molar-refractivity contribution in [1.29, 1.82) is 0 Å². The summed E-state index contributed by atoms with van der Waals surface area (Å²) in [6.45, 7) is 11.7. The van der Waals surface area contributed by atoms with E-state index in [2.05, 4.69) is 18.0 Å². The van der Waals surface area contributed by atoms with E-state index >= 15 is 0 Å². The summed E-state index contributed by atoms with van der Waals surface area (Å²) >= 11 is 0. The van der Waals surface area contributed by atoms with Crippen molar-refractivity contribution in [2.24, 2.45) is 0 Å². The number of aromatic nitrogens is 2. The van der Waals surface area contributed by atoms with Crippen LogP contribution in [0, 0.1) is 0 Å². The predicted octanol–water partition coefficient (Wildman–Crippen LogP) is 5.17. The Morgan fingerprint density at radius 1 is 1.20 bits per heavy atom. The Labute approximate surface area is 178 Å². The van der Waals surface area contributed by atoms with Crippen molar-refractivity contribution in [2.45, 2.75) is 84.5 Å². The number of hydrogen-bond acceptors (Lipinski definition) is 4. The number of allylic oxidation sites excluding steroid dienone is 1. The van der Waals surface area contributed by atoms with Crippen LogP contribution in [0.25, 0.3) is 17.0 Å². The monoisotopic (exact) mass is 411 g/mol. The minimum atomic E-state index is -0.527. The second-order valence-electron chi connectivity index (χ2n) is 9.22. The molecule has 1 fully saturated rings. The van der Waals surface area contributed by atoms with Gasteiger partial charge in [-0.05, 0) is 78.2 Å². The van der Waals surface area contributed by atoms with E-state index in [9.17, 15) is 9.59 Å². The van der Waals surface area contributed by atoms with Crippen molar-refractivity contribution in [3.05, 3.63) is 46.5 Å². The lowest BCUT2D eigenvalue weighted by Crippen LogP contribution is -2.52. The highest BCUT2D eigenvalue weighted by Gasteiger charge is 2.37. The Bertz CT molecular complexity index is 991. The van der Waals surface area contributed by atoms with Crippen LogP contribution in [-0.2, 0) is 4.74 Å². The van der Waals surface area contributed by atoms with E-state index < -0.39 is 5.60 Å². The highest BCUT2D eigenvalue weighted by atomic mass is 16.6. The molecule has 2 aromatic rings. The number of rotatable bonds is 3. The second-order valence-corrected chi connectivity index (χ2v) is 9.22. The van der Waals surface area contributed by atoms with Crippen molar-refractivity contribution in [2.75, 3.05) is 0 Å². The Morgan fingerprint density at radius 2 is 1.87 bits per heavy atom. The van der Waals surface area contributed by atoms with Gasteiger partial charge in [-0.2, -0.15) is 0 Å². The van der Waals surface area contributed by atoms with Crippen molar-refractivity contribution >= 4 is 23.1 Å². The van der Waals surface area contributed by atoms with Crippen LogP contribution in [-0.4, -0.2) is 38.2 Å². The van der Waals surface area contributed by atoms with Gasteiger partial charge in [0.15, 0.2) is 0 Å². The third-order valence-corrected chi connectivity index (χ3v) is 5.50. The molecule has 2 aromatic heterocycles. The minimum absolute atomic E-state index is 0.0177. The summed E-state index contributed by atoms with van der Waals surface area (Å²) in [5, 5.41) is 0.626. The fourth-order valence-corrected chi connectivity index (χ4v) is 4.22. The molecule has 1 aliphatic heterocycles. The molecule has 1 aliphatic rings. The number of amides is 1. The van der Waals surface area contributed by atoms with E-state index in [0.717, 1.165) is 12.1 Å². The molecule has 6 heteroatoms. The second kappa shape index (κ2) is 8.62. The predicted molar refractivity (Wildman–Crippen MR) is 121 cm³/mol. The lowest BCUT2D eigenvalue weighted by Gasteiger charge is -2.43. The fourth-order valence-electron chi connectivity index (χ4n) is 4.22. The lowest BCUT2D eigenvalue weighted by molar-refractivity contribution is -0.00632. The molecule has 3 rings (SSSR count). The largest absolute Gasteiger partial charge is 0.444 e. The Hall–Kier alpha value is -2.63. The number of pyridine rings is 2. The van der Waals surface area contributed by atoms with Crippen LogP contribution >= 0.6 is 0 Å². The number of likely N-dealkylation sites (tertiary alicyclic amines) is 1. The molecule has 6 nitrogen and oxygen atoms in total. The maximum absolute atomic E-state index is 13.2. The topological polar surface area (TPSA) is 64.4 Å². The molecule has 0 N–H and O–H groups in total. The molecule has 0 radical (unpaired) electrons. The van der Waals surface area contributed by atoms with Gasteiger partial charge in [-0.1, -0.05) is 13.0 Å². The number of piperidine rings is 1. The van der Waals surface area contributed by atoms with E-state index in [-0.39, 0.29) is 29.8 Å². The smallest absolute Gasteiger partial charge is 0.410 e. The normalized spacial score (nSPS) is 22.6. The number of carbonyl (C=O) groups is 1. The number of nitrogens with zero attached hydrogens (tertiary/aromatic N) is 3. The molecule has 0 aliphatic carbocycles. The van der Waals surface area contributed by atoms with Gasteiger partial charge in [-0.25, -0.2) is 9.78 Å². The van der Waals surface area contributed by atoms with Crippen LogP contribution in [0.4, 0.5) is 4.79 Å². The van der Waals surface area contributed by atoms with Gasteiger partial charge >= 0.3 is 6.09 Å². The molecule has 0 bridgehead atoms. The minimum Gasteiger partial charge on any atom is -0.444 e. The summed E-state index contributed by atoms with van der Waals surface area (Å²) in [6.07, 6.45) is 7.94. The zero-order valence-electron chi connectivity index (χ0n) is 18.9. The molecular weight excluding hydrogens is 378 g/mol. The summed E-state index contributed by atoms with van der Waals surface area (Å²) in [4.78, 5) is 32.2. The molecule has 0 saturated carbocycles. The molecular formula is C24H33N3O3. The Balaban J connectivity index is 1.85. The van der Waals surface area contributed by atoms with Crippen molar-refractivity contribution in [1.82, 2.24) is 14.5 Å².